The smallest absolute Gasteiger partial charge is 0.249 e. The molecule has 1 aromatic carbocycles. The normalized spacial score (nSPS) is 19.9. The predicted octanol–water partition coefficient (Wildman–Crippen LogP) is 0.913. The first-order valence-corrected chi connectivity index (χ1v) is 5.63. The Morgan fingerprint density at radius 2 is 2.17 bits per heavy atom. The van der Waals surface area contributed by atoms with Gasteiger partial charge in [0.1, 0.15) is 11.9 Å². The molecular formula is C11H11ClFN3O2. The van der Waals surface area contributed by atoms with Gasteiger partial charge in [-0.05, 0) is 13.0 Å². The molecule has 1 aliphatic rings. The Bertz CT molecular complexity index is 535. The van der Waals surface area contributed by atoms with Gasteiger partial charge in [-0.25, -0.2) is 4.39 Å². The van der Waals surface area contributed by atoms with Crippen molar-refractivity contribution in [2.45, 2.75) is 13.0 Å². The molecule has 0 radical (unpaired) electrons. The number of anilines is 2. The summed E-state index contributed by atoms with van der Waals surface area (Å²) in [6.45, 7) is 1.55. The number of nitrogens with two attached hydrogens (primary N) is 1. The van der Waals surface area contributed by atoms with Gasteiger partial charge in [0.15, 0.2) is 0 Å². The minimum Gasteiger partial charge on any atom is -0.397 e. The fraction of sp³-hybridized carbons (Fsp3) is 0.273. The van der Waals surface area contributed by atoms with E-state index in [0.29, 0.717) is 0 Å². The summed E-state index contributed by atoms with van der Waals surface area (Å²) in [5.41, 5.74) is 6.24. The van der Waals surface area contributed by atoms with E-state index in [1.807, 2.05) is 0 Å². The maximum Gasteiger partial charge on any atom is 0.249 e. The van der Waals surface area contributed by atoms with Gasteiger partial charge in [-0.2, -0.15) is 0 Å². The Hall–Kier alpha value is -1.82. The molecular weight excluding hydrogens is 261 g/mol. The van der Waals surface area contributed by atoms with E-state index in [9.17, 15) is 14.0 Å². The van der Waals surface area contributed by atoms with Crippen molar-refractivity contribution < 1.29 is 14.0 Å². The number of nitrogen functional groups attached to an aromatic ring is 1. The number of nitrogens with zero attached hydrogens (tertiary/aromatic N) is 1. The van der Waals surface area contributed by atoms with Crippen LogP contribution in [-0.4, -0.2) is 24.4 Å². The van der Waals surface area contributed by atoms with E-state index in [-0.39, 0.29) is 22.9 Å². The van der Waals surface area contributed by atoms with E-state index >= 15 is 0 Å². The molecule has 2 rings (SSSR count). The van der Waals surface area contributed by atoms with Crippen molar-refractivity contribution in [3.63, 3.8) is 0 Å². The van der Waals surface area contributed by atoms with Crippen LogP contribution >= 0.6 is 11.6 Å². The molecule has 0 aromatic heterocycles. The molecule has 0 aliphatic carbocycles. The second kappa shape index (κ2) is 4.45. The molecule has 5 nitrogen and oxygen atoms in total. The number of rotatable bonds is 1. The molecule has 96 valence electrons. The number of halogens is 2. The topological polar surface area (TPSA) is 75.4 Å². The third kappa shape index (κ3) is 2.11. The molecule has 0 bridgehead atoms. The van der Waals surface area contributed by atoms with E-state index < -0.39 is 23.7 Å². The summed E-state index contributed by atoms with van der Waals surface area (Å²) in [6.07, 6.45) is 0. The zero-order valence-corrected chi connectivity index (χ0v) is 10.3. The lowest BCUT2D eigenvalue weighted by molar-refractivity contribution is -0.132. The lowest BCUT2D eigenvalue weighted by Crippen LogP contribution is -2.57. The molecule has 1 atom stereocenters. The zero-order valence-electron chi connectivity index (χ0n) is 9.54. The van der Waals surface area contributed by atoms with E-state index in [0.717, 1.165) is 6.07 Å². The molecule has 3 N–H and O–H groups in total. The third-order valence-corrected chi connectivity index (χ3v) is 3.09. The third-order valence-electron chi connectivity index (χ3n) is 2.80. The van der Waals surface area contributed by atoms with Crippen molar-refractivity contribution in [3.05, 3.63) is 23.0 Å². The van der Waals surface area contributed by atoms with Gasteiger partial charge in [-0.3, -0.25) is 14.9 Å². The van der Waals surface area contributed by atoms with Crippen LogP contribution < -0.4 is 16.0 Å². The molecule has 1 heterocycles. The van der Waals surface area contributed by atoms with Gasteiger partial charge < -0.3 is 10.6 Å². The molecule has 2 amide bonds. The number of benzene rings is 1. The second-order valence-corrected chi connectivity index (χ2v) is 4.45. The van der Waals surface area contributed by atoms with Crippen LogP contribution in [0.25, 0.3) is 0 Å². The van der Waals surface area contributed by atoms with Crippen LogP contribution in [0.2, 0.25) is 5.02 Å². The van der Waals surface area contributed by atoms with Gasteiger partial charge in [0.25, 0.3) is 0 Å². The van der Waals surface area contributed by atoms with Gasteiger partial charge >= 0.3 is 0 Å². The number of hydrogen-bond donors (Lipinski definition) is 2. The van der Waals surface area contributed by atoms with Crippen LogP contribution in [-0.2, 0) is 9.59 Å². The number of amides is 2. The zero-order chi connectivity index (χ0) is 13.4. The first-order valence-electron chi connectivity index (χ1n) is 5.25. The van der Waals surface area contributed by atoms with Crippen LogP contribution in [0.15, 0.2) is 12.1 Å². The molecule has 0 spiro atoms. The molecule has 1 aromatic rings. The van der Waals surface area contributed by atoms with Gasteiger partial charge in [-0.15, -0.1) is 0 Å². The van der Waals surface area contributed by atoms with Crippen molar-refractivity contribution in [2.24, 2.45) is 0 Å². The summed E-state index contributed by atoms with van der Waals surface area (Å²) in [4.78, 5) is 24.3. The highest BCUT2D eigenvalue weighted by molar-refractivity contribution is 6.31. The molecule has 18 heavy (non-hydrogen) atoms. The summed E-state index contributed by atoms with van der Waals surface area (Å²) in [7, 11) is 0. The summed E-state index contributed by atoms with van der Waals surface area (Å²) >= 11 is 5.60. The Labute approximate surface area is 108 Å². The first kappa shape index (κ1) is 12.6. The van der Waals surface area contributed by atoms with Gasteiger partial charge in [0, 0.05) is 6.07 Å². The SMILES string of the molecule is CC1C(=O)NC(=O)CN1c1cc(F)c(Cl)cc1N. The number of nitrogens with one attached hydrogen (secondary N) is 1. The van der Waals surface area contributed by atoms with Crippen LogP contribution in [0.5, 0.6) is 0 Å². The Balaban J connectivity index is 2.44. The highest BCUT2D eigenvalue weighted by atomic mass is 35.5. The number of piperazine rings is 1. The largest absolute Gasteiger partial charge is 0.397 e. The van der Waals surface area contributed by atoms with Crippen molar-refractivity contribution in [1.29, 1.82) is 0 Å². The fourth-order valence-electron chi connectivity index (χ4n) is 1.81. The highest BCUT2D eigenvalue weighted by Gasteiger charge is 2.31. The summed E-state index contributed by atoms with van der Waals surface area (Å²) in [6, 6.07) is 1.78. The van der Waals surface area contributed by atoms with Crippen LogP contribution in [0.3, 0.4) is 0 Å². The maximum absolute atomic E-state index is 13.4. The van der Waals surface area contributed by atoms with Crippen LogP contribution in [0, 0.1) is 5.82 Å². The average Bonchev–Trinajstić information content (AvgIpc) is 2.29. The van der Waals surface area contributed by atoms with E-state index in [1.165, 1.54) is 11.0 Å². The monoisotopic (exact) mass is 271 g/mol. The molecule has 0 saturated carbocycles. The van der Waals surface area contributed by atoms with Crippen molar-refractivity contribution in [2.75, 3.05) is 17.2 Å². The minimum atomic E-state index is -0.647. The maximum atomic E-state index is 13.4. The number of imide groups is 1. The lowest BCUT2D eigenvalue weighted by Gasteiger charge is -2.34. The number of hydrogen-bond acceptors (Lipinski definition) is 4. The van der Waals surface area contributed by atoms with Crippen molar-refractivity contribution in [3.8, 4) is 0 Å². The Kier molecular flexibility index (Phi) is 3.13. The average molecular weight is 272 g/mol. The summed E-state index contributed by atoms with van der Waals surface area (Å²) in [5.74, 6) is -1.54. The summed E-state index contributed by atoms with van der Waals surface area (Å²) in [5, 5.41) is 2.09. The van der Waals surface area contributed by atoms with E-state index in [2.05, 4.69) is 5.32 Å². The summed E-state index contributed by atoms with van der Waals surface area (Å²) < 4.78 is 13.4. The van der Waals surface area contributed by atoms with Crippen molar-refractivity contribution >= 4 is 34.8 Å². The van der Waals surface area contributed by atoms with E-state index in [1.54, 1.807) is 6.92 Å². The van der Waals surface area contributed by atoms with E-state index in [4.69, 9.17) is 17.3 Å². The molecule has 1 fully saturated rings. The molecule has 7 heteroatoms. The molecule has 1 saturated heterocycles. The highest BCUT2D eigenvalue weighted by Crippen LogP contribution is 2.31. The molecule has 1 aliphatic heterocycles. The second-order valence-electron chi connectivity index (χ2n) is 4.04. The standard InChI is InChI=1S/C11H11ClFN3O2/c1-5-11(18)15-10(17)4-16(5)9-3-7(13)6(12)2-8(9)14/h2-3,5H,4,14H2,1H3,(H,15,17,18). The van der Waals surface area contributed by atoms with Gasteiger partial charge in [-0.1, -0.05) is 11.6 Å². The Morgan fingerprint density at radius 3 is 2.83 bits per heavy atom. The van der Waals surface area contributed by atoms with Gasteiger partial charge in [0.2, 0.25) is 11.8 Å². The first-order chi connectivity index (χ1) is 8.40. The molecule has 1 unspecified atom stereocenters. The lowest BCUT2D eigenvalue weighted by atomic mass is 10.1. The van der Waals surface area contributed by atoms with Crippen molar-refractivity contribution in [1.82, 2.24) is 5.32 Å². The predicted molar refractivity (Wildman–Crippen MR) is 65.8 cm³/mol. The number of carbonyl (C=O) groups excluding carboxylic acids is 2. The quantitative estimate of drug-likeness (QED) is 0.588. The van der Waals surface area contributed by atoms with Crippen LogP contribution in [0.1, 0.15) is 6.92 Å². The Morgan fingerprint density at radius 1 is 1.50 bits per heavy atom. The fourth-order valence-corrected chi connectivity index (χ4v) is 1.98. The van der Waals surface area contributed by atoms with Crippen LogP contribution in [0.4, 0.5) is 15.8 Å². The minimum absolute atomic E-state index is 0.0574. The number of carbonyl (C=O) groups is 2. The van der Waals surface area contributed by atoms with Gasteiger partial charge in [0.05, 0.1) is 22.9 Å².